The number of nitrogens with zero attached hydrogens (tertiary/aromatic N) is 1. The second-order valence-corrected chi connectivity index (χ2v) is 5.98. The molecule has 2 N–H and O–H groups in total. The van der Waals surface area contributed by atoms with Gasteiger partial charge in [0, 0.05) is 10.4 Å². The number of hydrogen-bond donors (Lipinski definition) is 1. The average molecular weight is 277 g/mol. The van der Waals surface area contributed by atoms with Crippen LogP contribution in [0.25, 0.3) is 11.1 Å². The lowest BCUT2D eigenvalue weighted by atomic mass is 9.82. The Morgan fingerprint density at radius 1 is 1.21 bits per heavy atom. The molecule has 0 aliphatic heterocycles. The third kappa shape index (κ3) is 2.12. The summed E-state index contributed by atoms with van der Waals surface area (Å²) in [5.41, 5.74) is 8.01. The fourth-order valence-corrected chi connectivity index (χ4v) is 3.12. The van der Waals surface area contributed by atoms with Crippen molar-refractivity contribution in [3.8, 4) is 11.1 Å². The zero-order valence-corrected chi connectivity index (χ0v) is 11.7. The Hall–Kier alpha value is -1.48. The molecule has 1 aromatic carbocycles. The van der Waals surface area contributed by atoms with Crippen LogP contribution < -0.4 is 5.73 Å². The van der Waals surface area contributed by atoms with Crippen LogP contribution >= 0.6 is 11.6 Å². The molecule has 1 saturated carbocycles. The van der Waals surface area contributed by atoms with Crippen molar-refractivity contribution in [1.82, 2.24) is 5.16 Å². The Morgan fingerprint density at radius 3 is 2.47 bits per heavy atom. The Bertz CT molecular complexity index is 583. The third-order valence-electron chi connectivity index (χ3n) is 4.11. The minimum absolute atomic E-state index is 0.0551. The minimum Gasteiger partial charge on any atom is -0.380 e. The van der Waals surface area contributed by atoms with Gasteiger partial charge in [0.15, 0.2) is 11.6 Å². The highest BCUT2D eigenvalue weighted by molar-refractivity contribution is 6.30. The largest absolute Gasteiger partial charge is 0.380 e. The Balaban J connectivity index is 2.11. The first-order chi connectivity index (χ1) is 9.10. The first kappa shape index (κ1) is 12.5. The van der Waals surface area contributed by atoms with Crippen molar-refractivity contribution in [2.45, 2.75) is 38.0 Å². The molecule has 0 saturated heterocycles. The fraction of sp³-hybridized carbons (Fsp3) is 0.400. The van der Waals surface area contributed by atoms with Gasteiger partial charge >= 0.3 is 0 Å². The van der Waals surface area contributed by atoms with Gasteiger partial charge in [-0.1, -0.05) is 48.7 Å². The van der Waals surface area contributed by atoms with E-state index in [1.807, 2.05) is 24.3 Å². The second kappa shape index (κ2) is 4.57. The van der Waals surface area contributed by atoms with Gasteiger partial charge in [0.05, 0.1) is 5.56 Å². The molecule has 1 heterocycles. The average Bonchev–Trinajstić information content (AvgIpc) is 2.98. The molecule has 0 unspecified atom stereocenters. The standard InChI is InChI=1S/C15H17ClN2O/c1-15(8-2-3-9-15)13-12(14(17)18-19-13)10-4-6-11(16)7-5-10/h4-7H,2-3,8-9H2,1H3,(H2,17,18). The monoisotopic (exact) mass is 276 g/mol. The molecule has 0 atom stereocenters. The predicted molar refractivity (Wildman–Crippen MR) is 77.2 cm³/mol. The molecular formula is C15H17ClN2O. The van der Waals surface area contributed by atoms with Crippen LogP contribution in [0.1, 0.15) is 38.4 Å². The molecule has 0 radical (unpaired) electrons. The van der Waals surface area contributed by atoms with E-state index in [-0.39, 0.29) is 5.41 Å². The number of rotatable bonds is 2. The van der Waals surface area contributed by atoms with Crippen LogP contribution in [0.4, 0.5) is 5.82 Å². The number of benzene rings is 1. The SMILES string of the molecule is CC1(c2onc(N)c2-c2ccc(Cl)cc2)CCCC1. The molecule has 4 heteroatoms. The van der Waals surface area contributed by atoms with Gasteiger partial charge < -0.3 is 10.3 Å². The van der Waals surface area contributed by atoms with Crippen LogP contribution in [0.5, 0.6) is 0 Å². The maximum Gasteiger partial charge on any atom is 0.175 e. The summed E-state index contributed by atoms with van der Waals surface area (Å²) >= 11 is 5.94. The first-order valence-electron chi connectivity index (χ1n) is 6.62. The van der Waals surface area contributed by atoms with E-state index in [4.69, 9.17) is 21.9 Å². The molecular weight excluding hydrogens is 260 g/mol. The van der Waals surface area contributed by atoms with Crippen LogP contribution in [0.15, 0.2) is 28.8 Å². The normalized spacial score (nSPS) is 17.8. The van der Waals surface area contributed by atoms with Gasteiger partial charge in [-0.25, -0.2) is 0 Å². The second-order valence-electron chi connectivity index (χ2n) is 5.55. The third-order valence-corrected chi connectivity index (χ3v) is 4.36. The number of hydrogen-bond acceptors (Lipinski definition) is 3. The molecule has 1 aliphatic carbocycles. The van der Waals surface area contributed by atoms with Crippen LogP contribution in [-0.4, -0.2) is 5.16 Å². The topological polar surface area (TPSA) is 52.0 Å². The van der Waals surface area contributed by atoms with Crippen molar-refractivity contribution >= 4 is 17.4 Å². The summed E-state index contributed by atoms with van der Waals surface area (Å²) in [6, 6.07) is 7.66. The molecule has 0 spiro atoms. The maximum absolute atomic E-state index is 6.00. The van der Waals surface area contributed by atoms with Gasteiger partial charge in [0.25, 0.3) is 0 Å². The van der Waals surface area contributed by atoms with E-state index in [2.05, 4.69) is 12.1 Å². The van der Waals surface area contributed by atoms with Crippen molar-refractivity contribution in [3.05, 3.63) is 35.0 Å². The Labute approximate surface area is 117 Å². The van der Waals surface area contributed by atoms with E-state index < -0.39 is 0 Å². The van der Waals surface area contributed by atoms with Gasteiger partial charge in [-0.2, -0.15) is 0 Å². The molecule has 3 rings (SSSR count). The number of nitrogen functional groups attached to an aromatic ring is 1. The van der Waals surface area contributed by atoms with Crippen LogP contribution in [0, 0.1) is 0 Å². The Kier molecular flexibility index (Phi) is 3.02. The molecule has 100 valence electrons. The van der Waals surface area contributed by atoms with Crippen molar-refractivity contribution in [2.24, 2.45) is 0 Å². The van der Waals surface area contributed by atoms with Crippen LogP contribution in [0.3, 0.4) is 0 Å². The highest BCUT2D eigenvalue weighted by atomic mass is 35.5. The quantitative estimate of drug-likeness (QED) is 0.884. The molecule has 1 aliphatic rings. The van der Waals surface area contributed by atoms with E-state index >= 15 is 0 Å². The summed E-state index contributed by atoms with van der Waals surface area (Å²) in [7, 11) is 0. The summed E-state index contributed by atoms with van der Waals surface area (Å²) in [4.78, 5) is 0. The van der Waals surface area contributed by atoms with Gasteiger partial charge in [-0.15, -0.1) is 0 Å². The predicted octanol–water partition coefficient (Wildman–Crippen LogP) is 4.41. The smallest absolute Gasteiger partial charge is 0.175 e. The highest BCUT2D eigenvalue weighted by Crippen LogP contribution is 2.46. The number of halogens is 1. The summed E-state index contributed by atoms with van der Waals surface area (Å²) < 4.78 is 5.56. The van der Waals surface area contributed by atoms with E-state index in [1.165, 1.54) is 12.8 Å². The molecule has 3 nitrogen and oxygen atoms in total. The number of aromatic nitrogens is 1. The Morgan fingerprint density at radius 2 is 1.84 bits per heavy atom. The van der Waals surface area contributed by atoms with E-state index in [0.717, 1.165) is 29.7 Å². The molecule has 1 fully saturated rings. The zero-order valence-electron chi connectivity index (χ0n) is 10.9. The van der Waals surface area contributed by atoms with Gasteiger partial charge in [0.2, 0.25) is 0 Å². The van der Waals surface area contributed by atoms with Crippen molar-refractivity contribution in [2.75, 3.05) is 5.73 Å². The molecule has 2 aromatic rings. The van der Waals surface area contributed by atoms with Crippen LogP contribution in [0.2, 0.25) is 5.02 Å². The van der Waals surface area contributed by atoms with Crippen molar-refractivity contribution in [1.29, 1.82) is 0 Å². The first-order valence-corrected chi connectivity index (χ1v) is 6.99. The van der Waals surface area contributed by atoms with E-state index in [1.54, 1.807) is 0 Å². The number of anilines is 1. The van der Waals surface area contributed by atoms with Crippen molar-refractivity contribution in [3.63, 3.8) is 0 Å². The molecule has 19 heavy (non-hydrogen) atoms. The molecule has 0 bridgehead atoms. The minimum atomic E-state index is 0.0551. The van der Waals surface area contributed by atoms with Crippen LogP contribution in [-0.2, 0) is 5.41 Å². The lowest BCUT2D eigenvalue weighted by Gasteiger charge is -2.21. The maximum atomic E-state index is 6.00. The lowest BCUT2D eigenvalue weighted by Crippen LogP contribution is -2.16. The lowest BCUT2D eigenvalue weighted by molar-refractivity contribution is 0.307. The summed E-state index contributed by atoms with van der Waals surface area (Å²) in [6.07, 6.45) is 4.72. The van der Waals surface area contributed by atoms with Crippen molar-refractivity contribution < 1.29 is 4.52 Å². The fourth-order valence-electron chi connectivity index (χ4n) is 2.99. The van der Waals surface area contributed by atoms with E-state index in [0.29, 0.717) is 10.8 Å². The van der Waals surface area contributed by atoms with Gasteiger partial charge in [0.1, 0.15) is 0 Å². The summed E-state index contributed by atoms with van der Waals surface area (Å²) in [6.45, 7) is 2.24. The molecule has 0 amide bonds. The number of nitrogens with two attached hydrogens (primary N) is 1. The molecule has 1 aromatic heterocycles. The van der Waals surface area contributed by atoms with Gasteiger partial charge in [-0.05, 0) is 30.5 Å². The van der Waals surface area contributed by atoms with Gasteiger partial charge in [-0.3, -0.25) is 0 Å². The zero-order chi connectivity index (χ0) is 13.5. The summed E-state index contributed by atoms with van der Waals surface area (Å²) in [5.74, 6) is 1.38. The summed E-state index contributed by atoms with van der Waals surface area (Å²) in [5, 5.41) is 4.69. The highest BCUT2D eigenvalue weighted by Gasteiger charge is 2.37. The van der Waals surface area contributed by atoms with E-state index in [9.17, 15) is 0 Å².